The molecule has 0 unspecified atom stereocenters. The largest absolute Gasteiger partial charge is 0.484 e. The number of carbonyl (C=O) groups excluding carboxylic acids is 1. The molecule has 0 radical (unpaired) electrons. The van der Waals surface area contributed by atoms with Crippen LogP contribution in [0.5, 0.6) is 5.75 Å². The zero-order valence-electron chi connectivity index (χ0n) is 13.7. The van der Waals surface area contributed by atoms with Gasteiger partial charge in [0.25, 0.3) is 5.91 Å². The van der Waals surface area contributed by atoms with Gasteiger partial charge in [0, 0.05) is 12.1 Å². The van der Waals surface area contributed by atoms with Crippen molar-refractivity contribution in [2.24, 2.45) is 0 Å². The molecule has 0 fully saturated rings. The van der Waals surface area contributed by atoms with Crippen LogP contribution in [0.2, 0.25) is 0 Å². The van der Waals surface area contributed by atoms with Gasteiger partial charge in [0.15, 0.2) is 6.61 Å². The maximum absolute atomic E-state index is 12.3. The van der Waals surface area contributed by atoms with Crippen molar-refractivity contribution < 1.29 is 37.0 Å². The molecule has 9 heteroatoms. The van der Waals surface area contributed by atoms with Gasteiger partial charge in [-0.3, -0.25) is 9.59 Å². The third kappa shape index (κ3) is 5.54. The molecule has 2 rings (SSSR count). The lowest BCUT2D eigenvalue weighted by Gasteiger charge is -2.11. The van der Waals surface area contributed by atoms with Crippen molar-refractivity contribution in [1.29, 1.82) is 0 Å². The summed E-state index contributed by atoms with van der Waals surface area (Å²) in [5.74, 6) is -1.60. The summed E-state index contributed by atoms with van der Waals surface area (Å²) in [5.41, 5.74) is 1.15. The predicted molar refractivity (Wildman–Crippen MR) is 83.9 cm³/mol. The second kappa shape index (κ2) is 7.94. The topological polar surface area (TPSA) is 88.8 Å². The molecular formula is C17H16F3NO5. The summed E-state index contributed by atoms with van der Waals surface area (Å²) >= 11 is 0. The van der Waals surface area contributed by atoms with Gasteiger partial charge in [-0.2, -0.15) is 13.2 Å². The molecule has 26 heavy (non-hydrogen) atoms. The smallest absolute Gasteiger partial charge is 0.422 e. The van der Waals surface area contributed by atoms with E-state index in [0.29, 0.717) is 11.1 Å². The molecule has 2 N–H and O–H groups in total. The molecule has 1 amide bonds. The Morgan fingerprint density at radius 3 is 2.69 bits per heavy atom. The fourth-order valence-corrected chi connectivity index (χ4v) is 2.25. The molecule has 2 aromatic rings. The molecule has 0 atom stereocenters. The minimum Gasteiger partial charge on any atom is -0.484 e. The number of ether oxygens (including phenoxy) is 1. The van der Waals surface area contributed by atoms with Crippen LogP contribution in [-0.4, -0.2) is 29.8 Å². The number of nitrogens with one attached hydrogen (secondary N) is 1. The molecule has 1 aromatic heterocycles. The summed E-state index contributed by atoms with van der Waals surface area (Å²) in [5, 5.41) is 11.4. The maximum atomic E-state index is 12.3. The summed E-state index contributed by atoms with van der Waals surface area (Å²) in [7, 11) is 0. The number of aliphatic carboxylic acids is 1. The molecule has 0 bridgehead atoms. The number of rotatable bonds is 7. The van der Waals surface area contributed by atoms with Crippen LogP contribution in [0.1, 0.15) is 27.2 Å². The Labute approximate surface area is 146 Å². The number of carboxylic acid groups (broad SMARTS) is 1. The molecule has 6 nitrogen and oxygen atoms in total. The second-order valence-electron chi connectivity index (χ2n) is 5.52. The Morgan fingerprint density at radius 2 is 2.04 bits per heavy atom. The fourth-order valence-electron chi connectivity index (χ4n) is 2.25. The lowest BCUT2D eigenvalue weighted by Crippen LogP contribution is -2.24. The van der Waals surface area contributed by atoms with E-state index in [1.807, 2.05) is 0 Å². The highest BCUT2D eigenvalue weighted by Crippen LogP contribution is 2.20. The molecule has 0 saturated carbocycles. The Hall–Kier alpha value is -2.97. The van der Waals surface area contributed by atoms with Crippen molar-refractivity contribution in [2.75, 3.05) is 6.61 Å². The lowest BCUT2D eigenvalue weighted by molar-refractivity contribution is -0.153. The van der Waals surface area contributed by atoms with Crippen LogP contribution in [0, 0.1) is 6.92 Å². The summed E-state index contributed by atoms with van der Waals surface area (Å²) in [6.45, 7) is 0.226. The average molecular weight is 371 g/mol. The number of amides is 1. The van der Waals surface area contributed by atoms with Gasteiger partial charge in [-0.05, 0) is 24.6 Å². The van der Waals surface area contributed by atoms with Gasteiger partial charge >= 0.3 is 12.1 Å². The van der Waals surface area contributed by atoms with E-state index >= 15 is 0 Å². The highest BCUT2D eigenvalue weighted by molar-refractivity contribution is 5.97. The number of benzene rings is 1. The molecule has 0 aliphatic rings. The first-order valence-electron chi connectivity index (χ1n) is 7.51. The first-order valence-corrected chi connectivity index (χ1v) is 7.51. The van der Waals surface area contributed by atoms with Crippen molar-refractivity contribution in [3.63, 3.8) is 0 Å². The normalized spacial score (nSPS) is 11.2. The van der Waals surface area contributed by atoms with E-state index in [1.165, 1.54) is 24.5 Å². The van der Waals surface area contributed by atoms with Crippen molar-refractivity contribution in [1.82, 2.24) is 5.32 Å². The molecule has 1 heterocycles. The van der Waals surface area contributed by atoms with Gasteiger partial charge in [-0.1, -0.05) is 12.1 Å². The summed E-state index contributed by atoms with van der Waals surface area (Å²) in [6, 6.07) is 5.88. The van der Waals surface area contributed by atoms with Gasteiger partial charge in [-0.25, -0.2) is 0 Å². The first kappa shape index (κ1) is 19.4. The number of halogens is 3. The van der Waals surface area contributed by atoms with E-state index in [9.17, 15) is 22.8 Å². The van der Waals surface area contributed by atoms with Crippen LogP contribution in [-0.2, 0) is 17.8 Å². The Morgan fingerprint density at radius 1 is 1.31 bits per heavy atom. The number of hydrogen-bond donors (Lipinski definition) is 2. The predicted octanol–water partition coefficient (Wildman–Crippen LogP) is 3.09. The molecular weight excluding hydrogens is 355 g/mol. The maximum Gasteiger partial charge on any atom is 0.422 e. The Kier molecular flexibility index (Phi) is 5.91. The van der Waals surface area contributed by atoms with Crippen LogP contribution in [0.25, 0.3) is 0 Å². The number of carboxylic acids is 1. The van der Waals surface area contributed by atoms with Crippen LogP contribution in [0.15, 0.2) is 34.9 Å². The summed E-state index contributed by atoms with van der Waals surface area (Å²) < 4.78 is 46.3. The van der Waals surface area contributed by atoms with Gasteiger partial charge < -0.3 is 19.6 Å². The third-order valence-corrected chi connectivity index (χ3v) is 3.34. The highest BCUT2D eigenvalue weighted by Gasteiger charge is 2.28. The van der Waals surface area contributed by atoms with Crippen LogP contribution < -0.4 is 10.1 Å². The molecule has 0 aliphatic heterocycles. The van der Waals surface area contributed by atoms with Crippen LogP contribution in [0.4, 0.5) is 13.2 Å². The van der Waals surface area contributed by atoms with Crippen molar-refractivity contribution >= 4 is 11.9 Å². The molecule has 0 aliphatic carbocycles. The number of hydrogen-bond acceptors (Lipinski definition) is 4. The molecule has 0 saturated heterocycles. The van der Waals surface area contributed by atoms with Crippen molar-refractivity contribution in [2.45, 2.75) is 26.1 Å². The molecule has 0 spiro atoms. The molecule has 1 aromatic carbocycles. The fraction of sp³-hybridized carbons (Fsp3) is 0.294. The monoisotopic (exact) mass is 371 g/mol. The SMILES string of the molecule is Cc1coc(CC(=O)O)c1C(=O)NCc1cccc(OCC(F)(F)F)c1. The van der Waals surface area contributed by atoms with Gasteiger partial charge in [-0.15, -0.1) is 0 Å². The number of alkyl halides is 3. The van der Waals surface area contributed by atoms with Crippen LogP contribution in [0.3, 0.4) is 0 Å². The Balaban J connectivity index is 2.02. The Bertz CT molecular complexity index is 798. The van der Waals surface area contributed by atoms with E-state index in [1.54, 1.807) is 13.0 Å². The van der Waals surface area contributed by atoms with Gasteiger partial charge in [0.05, 0.1) is 11.8 Å². The van der Waals surface area contributed by atoms with Gasteiger partial charge in [0.2, 0.25) is 0 Å². The highest BCUT2D eigenvalue weighted by atomic mass is 19.4. The van der Waals surface area contributed by atoms with Crippen molar-refractivity contribution in [3.05, 3.63) is 53.0 Å². The minimum atomic E-state index is -4.44. The molecule has 140 valence electrons. The zero-order chi connectivity index (χ0) is 19.3. The van der Waals surface area contributed by atoms with E-state index in [0.717, 1.165) is 0 Å². The van der Waals surface area contributed by atoms with Crippen molar-refractivity contribution in [3.8, 4) is 5.75 Å². The first-order chi connectivity index (χ1) is 12.2. The van der Waals surface area contributed by atoms with E-state index in [2.05, 4.69) is 10.1 Å². The number of furan rings is 1. The summed E-state index contributed by atoms with van der Waals surface area (Å²) in [4.78, 5) is 23.1. The average Bonchev–Trinajstić information content (AvgIpc) is 2.90. The third-order valence-electron chi connectivity index (χ3n) is 3.34. The lowest BCUT2D eigenvalue weighted by atomic mass is 10.1. The minimum absolute atomic E-state index is 0.0270. The van der Waals surface area contributed by atoms with E-state index < -0.39 is 31.1 Å². The number of carbonyl (C=O) groups is 2. The summed E-state index contributed by atoms with van der Waals surface area (Å²) in [6.07, 6.45) is -3.58. The second-order valence-corrected chi connectivity index (χ2v) is 5.52. The van der Waals surface area contributed by atoms with Gasteiger partial charge in [0.1, 0.15) is 17.9 Å². The standard InChI is InChI=1S/C17H16F3NO5/c1-10-8-25-13(6-14(22)23)15(10)16(24)21-7-11-3-2-4-12(5-11)26-9-17(18,19)20/h2-5,8H,6-7,9H2,1H3,(H,21,24)(H,22,23). The van der Waals surface area contributed by atoms with E-state index in [-0.39, 0.29) is 23.6 Å². The van der Waals surface area contributed by atoms with Crippen LogP contribution >= 0.6 is 0 Å². The zero-order valence-corrected chi connectivity index (χ0v) is 13.7. The number of aryl methyl sites for hydroxylation is 1. The van der Waals surface area contributed by atoms with E-state index in [4.69, 9.17) is 9.52 Å². The quantitative estimate of drug-likeness (QED) is 0.781.